The van der Waals surface area contributed by atoms with E-state index in [2.05, 4.69) is 20.4 Å². The van der Waals surface area contributed by atoms with E-state index in [1.165, 1.54) is 0 Å². The highest BCUT2D eigenvalue weighted by atomic mass is 16.5. The smallest absolute Gasteiger partial charge is 0.246 e. The zero-order valence-corrected chi connectivity index (χ0v) is 8.98. The van der Waals surface area contributed by atoms with Gasteiger partial charge in [-0.3, -0.25) is 0 Å². The summed E-state index contributed by atoms with van der Waals surface area (Å²) in [6.07, 6.45) is 1.94. The summed E-state index contributed by atoms with van der Waals surface area (Å²) in [5.41, 5.74) is 0.954. The van der Waals surface area contributed by atoms with E-state index in [0.29, 0.717) is 18.3 Å². The Morgan fingerprint density at radius 3 is 2.80 bits per heavy atom. The summed E-state index contributed by atoms with van der Waals surface area (Å²) in [5.74, 6) is 2.03. The van der Waals surface area contributed by atoms with Gasteiger partial charge in [-0.15, -0.1) is 0 Å². The minimum absolute atomic E-state index is 0.540. The molecule has 0 aromatic carbocycles. The van der Waals surface area contributed by atoms with Gasteiger partial charge in [-0.05, 0) is 13.8 Å². The Morgan fingerprint density at radius 1 is 1.40 bits per heavy atom. The molecule has 0 aliphatic heterocycles. The van der Waals surface area contributed by atoms with Gasteiger partial charge in [0.05, 0.1) is 5.69 Å². The summed E-state index contributed by atoms with van der Waals surface area (Å²) in [6.45, 7) is 4.28. The van der Waals surface area contributed by atoms with Gasteiger partial charge < -0.3 is 14.4 Å². The predicted molar refractivity (Wildman–Crippen MR) is 54.6 cm³/mol. The van der Waals surface area contributed by atoms with Crippen molar-refractivity contribution in [3.8, 4) is 0 Å². The highest BCUT2D eigenvalue weighted by molar-refractivity contribution is 5.27. The summed E-state index contributed by atoms with van der Waals surface area (Å²) < 4.78 is 6.97. The Kier molecular flexibility index (Phi) is 2.40. The molecule has 1 N–H and O–H groups in total. The lowest BCUT2D eigenvalue weighted by molar-refractivity contribution is 0.368. The van der Waals surface area contributed by atoms with Crippen molar-refractivity contribution in [3.05, 3.63) is 23.6 Å². The molecule has 0 amide bonds. The maximum atomic E-state index is 5.04. The van der Waals surface area contributed by atoms with Gasteiger partial charge in [0.15, 0.2) is 5.82 Å². The fourth-order valence-corrected chi connectivity index (χ4v) is 1.42. The number of nitrogens with zero attached hydrogens (tertiary/aromatic N) is 4. The van der Waals surface area contributed by atoms with Gasteiger partial charge in [0, 0.05) is 13.2 Å². The molecule has 0 fully saturated rings. The number of rotatable bonds is 3. The van der Waals surface area contributed by atoms with Crippen LogP contribution in [-0.4, -0.2) is 26.7 Å². The second kappa shape index (κ2) is 3.72. The first-order valence-corrected chi connectivity index (χ1v) is 4.69. The van der Waals surface area contributed by atoms with Gasteiger partial charge in [-0.2, -0.15) is 4.98 Å². The van der Waals surface area contributed by atoms with Crippen molar-refractivity contribution < 1.29 is 4.52 Å². The molecular formula is C9H13N5O. The molecular weight excluding hydrogens is 194 g/mol. The maximum absolute atomic E-state index is 5.04. The SMILES string of the molecule is CNc1nc(C)cn1Cc1nc(C)no1. The molecule has 0 unspecified atom stereocenters. The fraction of sp³-hybridized carbons (Fsp3) is 0.444. The first kappa shape index (κ1) is 9.70. The lowest BCUT2D eigenvalue weighted by Crippen LogP contribution is -2.04. The van der Waals surface area contributed by atoms with Crippen LogP contribution >= 0.6 is 0 Å². The van der Waals surface area contributed by atoms with Crippen molar-refractivity contribution in [3.63, 3.8) is 0 Å². The Balaban J connectivity index is 2.23. The van der Waals surface area contributed by atoms with E-state index in [1.54, 1.807) is 6.92 Å². The van der Waals surface area contributed by atoms with Crippen molar-refractivity contribution in [1.29, 1.82) is 0 Å². The third kappa shape index (κ3) is 1.98. The molecule has 0 saturated carbocycles. The summed E-state index contributed by atoms with van der Waals surface area (Å²) >= 11 is 0. The number of aryl methyl sites for hydroxylation is 2. The third-order valence-electron chi connectivity index (χ3n) is 2.00. The second-order valence-electron chi connectivity index (χ2n) is 3.32. The van der Waals surface area contributed by atoms with Crippen LogP contribution in [0.4, 0.5) is 5.95 Å². The van der Waals surface area contributed by atoms with Crippen LogP contribution in [0.5, 0.6) is 0 Å². The summed E-state index contributed by atoms with van der Waals surface area (Å²) in [4.78, 5) is 8.43. The lowest BCUT2D eigenvalue weighted by atomic mass is 10.5. The van der Waals surface area contributed by atoms with Crippen LogP contribution in [0.3, 0.4) is 0 Å². The van der Waals surface area contributed by atoms with Crippen LogP contribution in [0.1, 0.15) is 17.4 Å². The zero-order valence-electron chi connectivity index (χ0n) is 8.98. The number of aromatic nitrogens is 4. The second-order valence-corrected chi connectivity index (χ2v) is 3.32. The van der Waals surface area contributed by atoms with Gasteiger partial charge in [-0.1, -0.05) is 5.16 Å². The first-order chi connectivity index (χ1) is 7.19. The fourth-order valence-electron chi connectivity index (χ4n) is 1.42. The molecule has 0 aliphatic rings. The number of hydrogen-bond acceptors (Lipinski definition) is 5. The molecule has 6 nitrogen and oxygen atoms in total. The van der Waals surface area contributed by atoms with Crippen LogP contribution in [-0.2, 0) is 6.54 Å². The Hall–Kier alpha value is -1.85. The Morgan fingerprint density at radius 2 is 2.20 bits per heavy atom. The maximum Gasteiger partial charge on any atom is 0.246 e. The van der Waals surface area contributed by atoms with Crippen LogP contribution in [0, 0.1) is 13.8 Å². The summed E-state index contributed by atoms with van der Waals surface area (Å²) in [6, 6.07) is 0. The lowest BCUT2D eigenvalue weighted by Gasteiger charge is -2.02. The minimum atomic E-state index is 0.540. The Labute approximate surface area is 87.3 Å². The largest absolute Gasteiger partial charge is 0.359 e. The van der Waals surface area contributed by atoms with Gasteiger partial charge >= 0.3 is 0 Å². The first-order valence-electron chi connectivity index (χ1n) is 4.69. The number of imidazole rings is 1. The highest BCUT2D eigenvalue weighted by Crippen LogP contribution is 2.10. The molecule has 2 aromatic rings. The molecule has 0 atom stereocenters. The molecule has 2 aromatic heterocycles. The zero-order chi connectivity index (χ0) is 10.8. The number of anilines is 1. The van der Waals surface area contributed by atoms with E-state index in [1.807, 2.05) is 24.7 Å². The third-order valence-corrected chi connectivity index (χ3v) is 2.00. The molecule has 15 heavy (non-hydrogen) atoms. The van der Waals surface area contributed by atoms with Crippen molar-refractivity contribution in [2.75, 3.05) is 12.4 Å². The average molecular weight is 207 g/mol. The van der Waals surface area contributed by atoms with Crippen molar-refractivity contribution >= 4 is 5.95 Å². The van der Waals surface area contributed by atoms with Crippen LogP contribution in [0.15, 0.2) is 10.7 Å². The van der Waals surface area contributed by atoms with Gasteiger partial charge in [0.1, 0.15) is 6.54 Å². The van der Waals surface area contributed by atoms with E-state index in [0.717, 1.165) is 11.6 Å². The Bertz CT molecular complexity index is 459. The van der Waals surface area contributed by atoms with Gasteiger partial charge in [0.25, 0.3) is 0 Å². The van der Waals surface area contributed by atoms with E-state index in [9.17, 15) is 0 Å². The van der Waals surface area contributed by atoms with E-state index >= 15 is 0 Å². The monoisotopic (exact) mass is 207 g/mol. The quantitative estimate of drug-likeness (QED) is 0.812. The highest BCUT2D eigenvalue weighted by Gasteiger charge is 2.08. The van der Waals surface area contributed by atoms with Crippen LogP contribution in [0.2, 0.25) is 0 Å². The molecule has 2 heterocycles. The number of nitrogens with one attached hydrogen (secondary N) is 1. The predicted octanol–water partition coefficient (Wildman–Crippen LogP) is 0.973. The van der Waals surface area contributed by atoms with Crippen molar-refractivity contribution in [2.45, 2.75) is 20.4 Å². The van der Waals surface area contributed by atoms with Gasteiger partial charge in [-0.25, -0.2) is 4.98 Å². The summed E-state index contributed by atoms with van der Waals surface area (Å²) in [7, 11) is 1.83. The van der Waals surface area contributed by atoms with Crippen LogP contribution in [0.25, 0.3) is 0 Å². The van der Waals surface area contributed by atoms with Gasteiger partial charge in [0.2, 0.25) is 11.8 Å². The molecule has 0 aliphatic carbocycles. The standard InChI is InChI=1S/C9H13N5O/c1-6-4-14(9(10-3)11-6)5-8-12-7(2)13-15-8/h4H,5H2,1-3H3,(H,10,11). The van der Waals surface area contributed by atoms with Crippen LogP contribution < -0.4 is 5.32 Å². The summed E-state index contributed by atoms with van der Waals surface area (Å²) in [5, 5.41) is 6.74. The van der Waals surface area contributed by atoms with E-state index < -0.39 is 0 Å². The molecule has 0 saturated heterocycles. The van der Waals surface area contributed by atoms with Crippen molar-refractivity contribution in [1.82, 2.24) is 19.7 Å². The minimum Gasteiger partial charge on any atom is -0.359 e. The molecule has 6 heteroatoms. The molecule has 2 rings (SSSR count). The average Bonchev–Trinajstić information content (AvgIpc) is 2.73. The van der Waals surface area contributed by atoms with E-state index in [-0.39, 0.29) is 0 Å². The van der Waals surface area contributed by atoms with E-state index in [4.69, 9.17) is 4.52 Å². The molecule has 80 valence electrons. The molecule has 0 radical (unpaired) electrons. The van der Waals surface area contributed by atoms with Crippen molar-refractivity contribution in [2.24, 2.45) is 0 Å². The topological polar surface area (TPSA) is 68.8 Å². The normalized spacial score (nSPS) is 10.6. The molecule has 0 bridgehead atoms. The molecule has 0 spiro atoms. The number of hydrogen-bond donors (Lipinski definition) is 1.